The van der Waals surface area contributed by atoms with Gasteiger partial charge in [-0.25, -0.2) is 0 Å². The summed E-state index contributed by atoms with van der Waals surface area (Å²) in [6.45, 7) is 0.642. The molecule has 4 aromatic rings. The lowest BCUT2D eigenvalue weighted by atomic mass is 10.1. The number of benzene rings is 1. The number of nitrogens with one attached hydrogen (secondary N) is 1. The largest absolute Gasteiger partial charge is 0.298 e. The SMILES string of the molecule is c1ccc(C(NCc2ccc3ccccc3n2)c2ccccn2)nc1. The van der Waals surface area contributed by atoms with E-state index in [0.717, 1.165) is 28.0 Å². The Balaban J connectivity index is 1.60. The molecule has 0 saturated heterocycles. The van der Waals surface area contributed by atoms with Crippen molar-refractivity contribution in [1.29, 1.82) is 0 Å². The molecule has 0 amide bonds. The van der Waals surface area contributed by atoms with Gasteiger partial charge in [-0.2, -0.15) is 0 Å². The monoisotopic (exact) mass is 326 g/mol. The van der Waals surface area contributed by atoms with E-state index < -0.39 is 0 Å². The number of pyridine rings is 3. The number of rotatable bonds is 5. The molecule has 25 heavy (non-hydrogen) atoms. The Morgan fingerprint density at radius 2 is 1.40 bits per heavy atom. The van der Waals surface area contributed by atoms with Gasteiger partial charge in [0.15, 0.2) is 0 Å². The van der Waals surface area contributed by atoms with Crippen LogP contribution in [0.15, 0.2) is 85.2 Å². The Morgan fingerprint density at radius 1 is 0.720 bits per heavy atom. The first kappa shape index (κ1) is 15.4. The maximum absolute atomic E-state index is 4.73. The molecular weight excluding hydrogens is 308 g/mol. The number of para-hydroxylation sites is 1. The highest BCUT2D eigenvalue weighted by molar-refractivity contribution is 5.78. The highest BCUT2D eigenvalue weighted by Crippen LogP contribution is 2.19. The van der Waals surface area contributed by atoms with Crippen LogP contribution in [0, 0.1) is 0 Å². The van der Waals surface area contributed by atoms with Gasteiger partial charge >= 0.3 is 0 Å². The van der Waals surface area contributed by atoms with E-state index in [2.05, 4.69) is 33.5 Å². The molecular formula is C21H18N4. The Morgan fingerprint density at radius 3 is 2.08 bits per heavy atom. The summed E-state index contributed by atoms with van der Waals surface area (Å²) in [5, 5.41) is 4.70. The Bertz CT molecular complexity index is 915. The van der Waals surface area contributed by atoms with Crippen LogP contribution in [0.4, 0.5) is 0 Å². The Labute approximate surface area is 146 Å². The smallest absolute Gasteiger partial charge is 0.0928 e. The molecule has 0 aliphatic heterocycles. The van der Waals surface area contributed by atoms with Crippen molar-refractivity contribution in [3.63, 3.8) is 0 Å². The van der Waals surface area contributed by atoms with Gasteiger partial charge in [0.1, 0.15) is 0 Å². The molecule has 0 fully saturated rings. The van der Waals surface area contributed by atoms with Gasteiger partial charge in [-0.1, -0.05) is 36.4 Å². The van der Waals surface area contributed by atoms with Gasteiger partial charge in [0.25, 0.3) is 0 Å². The molecule has 0 spiro atoms. The van der Waals surface area contributed by atoms with Crippen LogP contribution in [0.5, 0.6) is 0 Å². The van der Waals surface area contributed by atoms with Crippen molar-refractivity contribution in [2.45, 2.75) is 12.6 Å². The molecule has 0 atom stereocenters. The Kier molecular flexibility index (Phi) is 4.44. The number of fused-ring (bicyclic) bond motifs is 1. The quantitative estimate of drug-likeness (QED) is 0.604. The molecule has 4 rings (SSSR count). The molecule has 0 aliphatic rings. The highest BCUT2D eigenvalue weighted by Gasteiger charge is 2.16. The molecule has 4 heteroatoms. The first-order chi connectivity index (χ1) is 12.4. The van der Waals surface area contributed by atoms with E-state index in [1.165, 1.54) is 0 Å². The molecule has 0 bridgehead atoms. The molecule has 0 aliphatic carbocycles. The molecule has 0 saturated carbocycles. The summed E-state index contributed by atoms with van der Waals surface area (Å²) in [6.07, 6.45) is 3.61. The van der Waals surface area contributed by atoms with E-state index >= 15 is 0 Å². The topological polar surface area (TPSA) is 50.7 Å². The number of hydrogen-bond acceptors (Lipinski definition) is 4. The lowest BCUT2D eigenvalue weighted by Crippen LogP contribution is -2.24. The van der Waals surface area contributed by atoms with Gasteiger partial charge in [0.05, 0.1) is 28.6 Å². The molecule has 3 heterocycles. The summed E-state index contributed by atoms with van der Waals surface area (Å²) in [7, 11) is 0. The summed E-state index contributed by atoms with van der Waals surface area (Å²) >= 11 is 0. The fourth-order valence-corrected chi connectivity index (χ4v) is 2.87. The molecule has 1 N–H and O–H groups in total. The predicted molar refractivity (Wildman–Crippen MR) is 98.9 cm³/mol. The minimum absolute atomic E-state index is 0.0735. The summed E-state index contributed by atoms with van der Waals surface area (Å²) in [6, 6.07) is 24.1. The zero-order valence-electron chi connectivity index (χ0n) is 13.7. The fraction of sp³-hybridized carbons (Fsp3) is 0.0952. The summed E-state index contributed by atoms with van der Waals surface area (Å²) in [5.74, 6) is 0. The van der Waals surface area contributed by atoms with Crippen LogP contribution >= 0.6 is 0 Å². The number of hydrogen-bond donors (Lipinski definition) is 1. The third kappa shape index (κ3) is 3.54. The zero-order valence-corrected chi connectivity index (χ0v) is 13.7. The highest BCUT2D eigenvalue weighted by atomic mass is 15.0. The van der Waals surface area contributed by atoms with Crippen LogP contribution in [0.25, 0.3) is 10.9 Å². The second kappa shape index (κ2) is 7.20. The van der Waals surface area contributed by atoms with Crippen LogP contribution in [0.1, 0.15) is 23.1 Å². The normalized spacial score (nSPS) is 11.1. The second-order valence-electron chi connectivity index (χ2n) is 5.82. The van der Waals surface area contributed by atoms with Crippen molar-refractivity contribution in [2.24, 2.45) is 0 Å². The third-order valence-corrected chi connectivity index (χ3v) is 4.11. The van der Waals surface area contributed by atoms with E-state index in [0.29, 0.717) is 6.54 Å². The maximum atomic E-state index is 4.73. The van der Waals surface area contributed by atoms with Gasteiger partial charge in [-0.05, 0) is 36.4 Å². The number of aromatic nitrogens is 3. The van der Waals surface area contributed by atoms with Crippen molar-refractivity contribution in [3.8, 4) is 0 Å². The van der Waals surface area contributed by atoms with E-state index in [-0.39, 0.29) is 6.04 Å². The van der Waals surface area contributed by atoms with Crippen LogP contribution in [-0.2, 0) is 6.54 Å². The van der Waals surface area contributed by atoms with Gasteiger partial charge in [0, 0.05) is 24.3 Å². The molecule has 4 nitrogen and oxygen atoms in total. The van der Waals surface area contributed by atoms with Crippen molar-refractivity contribution >= 4 is 10.9 Å². The first-order valence-electron chi connectivity index (χ1n) is 8.30. The van der Waals surface area contributed by atoms with Gasteiger partial charge in [0.2, 0.25) is 0 Å². The first-order valence-corrected chi connectivity index (χ1v) is 8.30. The van der Waals surface area contributed by atoms with Crippen molar-refractivity contribution in [2.75, 3.05) is 0 Å². The van der Waals surface area contributed by atoms with Gasteiger partial charge in [-0.15, -0.1) is 0 Å². The molecule has 0 unspecified atom stereocenters. The van der Waals surface area contributed by atoms with Crippen molar-refractivity contribution < 1.29 is 0 Å². The number of nitrogens with zero attached hydrogens (tertiary/aromatic N) is 3. The Hall–Kier alpha value is -3.11. The van der Waals surface area contributed by atoms with E-state index in [4.69, 9.17) is 4.98 Å². The molecule has 1 aromatic carbocycles. The van der Waals surface area contributed by atoms with Crippen molar-refractivity contribution in [3.05, 3.63) is 102 Å². The van der Waals surface area contributed by atoms with E-state index in [1.54, 1.807) is 12.4 Å². The standard InChI is InChI=1S/C21H18N4/c1-2-8-18-16(7-1)11-12-17(25-18)15-24-21(19-9-3-5-13-22-19)20-10-4-6-14-23-20/h1-14,21,24H,15H2. The summed E-state index contributed by atoms with van der Waals surface area (Å²) in [4.78, 5) is 13.7. The zero-order chi connectivity index (χ0) is 16.9. The van der Waals surface area contributed by atoms with Gasteiger partial charge in [-0.3, -0.25) is 20.3 Å². The predicted octanol–water partition coefficient (Wildman–Crippen LogP) is 3.90. The van der Waals surface area contributed by atoms with Crippen LogP contribution in [-0.4, -0.2) is 15.0 Å². The van der Waals surface area contributed by atoms with E-state index in [1.807, 2.05) is 54.6 Å². The van der Waals surface area contributed by atoms with Crippen LogP contribution in [0.3, 0.4) is 0 Å². The summed E-state index contributed by atoms with van der Waals surface area (Å²) < 4.78 is 0. The lowest BCUT2D eigenvalue weighted by molar-refractivity contribution is 0.573. The molecule has 0 radical (unpaired) electrons. The maximum Gasteiger partial charge on any atom is 0.0928 e. The minimum Gasteiger partial charge on any atom is -0.298 e. The average molecular weight is 326 g/mol. The second-order valence-corrected chi connectivity index (χ2v) is 5.82. The van der Waals surface area contributed by atoms with Gasteiger partial charge < -0.3 is 0 Å². The molecule has 122 valence electrons. The van der Waals surface area contributed by atoms with Crippen molar-refractivity contribution in [1.82, 2.24) is 20.3 Å². The molecule has 3 aromatic heterocycles. The summed E-state index contributed by atoms with van der Waals surface area (Å²) in [5.41, 5.74) is 3.90. The average Bonchev–Trinajstić information content (AvgIpc) is 2.70. The fourth-order valence-electron chi connectivity index (χ4n) is 2.87. The lowest BCUT2D eigenvalue weighted by Gasteiger charge is -2.17. The third-order valence-electron chi connectivity index (χ3n) is 4.11. The van der Waals surface area contributed by atoms with E-state index in [9.17, 15) is 0 Å². The van der Waals surface area contributed by atoms with Crippen LogP contribution in [0.2, 0.25) is 0 Å². The minimum atomic E-state index is -0.0735. The van der Waals surface area contributed by atoms with Crippen LogP contribution < -0.4 is 5.32 Å².